The van der Waals surface area contributed by atoms with Crippen molar-refractivity contribution in [3.63, 3.8) is 0 Å². The molecule has 84 valence electrons. The third-order valence-corrected chi connectivity index (χ3v) is 2.56. The van der Waals surface area contributed by atoms with Gasteiger partial charge in [0.15, 0.2) is 5.82 Å². The lowest BCUT2D eigenvalue weighted by Gasteiger charge is -1.99. The average Bonchev–Trinajstić information content (AvgIpc) is 2.73. The van der Waals surface area contributed by atoms with E-state index in [4.69, 9.17) is 10.3 Å². The maximum absolute atomic E-state index is 5.21. The number of aromatic nitrogens is 4. The van der Waals surface area contributed by atoms with Crippen molar-refractivity contribution in [1.29, 1.82) is 0 Å². The van der Waals surface area contributed by atoms with Crippen molar-refractivity contribution < 1.29 is 4.42 Å². The summed E-state index contributed by atoms with van der Waals surface area (Å²) in [6.07, 6.45) is 3.21. The molecule has 0 fully saturated rings. The number of aryl methyl sites for hydroxylation is 1. The van der Waals surface area contributed by atoms with E-state index < -0.39 is 0 Å². The topological polar surface area (TPSA) is 103 Å². The molecule has 0 aliphatic carbocycles. The monoisotopic (exact) mass is 238 g/mol. The summed E-state index contributed by atoms with van der Waals surface area (Å²) in [5.41, 5.74) is 3.23. The Hall–Kier alpha value is -1.67. The minimum absolute atomic E-state index is 0.528. The Morgan fingerprint density at radius 2 is 2.25 bits per heavy atom. The van der Waals surface area contributed by atoms with Crippen molar-refractivity contribution in [2.24, 2.45) is 5.84 Å². The molecule has 0 aliphatic heterocycles. The van der Waals surface area contributed by atoms with Crippen LogP contribution in [0.3, 0.4) is 0 Å². The summed E-state index contributed by atoms with van der Waals surface area (Å²) >= 11 is 1.41. The van der Waals surface area contributed by atoms with Gasteiger partial charge < -0.3 is 9.84 Å². The molecule has 2 heterocycles. The number of hydrazine groups is 1. The van der Waals surface area contributed by atoms with Crippen LogP contribution in [0.15, 0.2) is 22.0 Å². The van der Waals surface area contributed by atoms with Gasteiger partial charge in [-0.1, -0.05) is 11.8 Å². The van der Waals surface area contributed by atoms with Crippen LogP contribution in [-0.4, -0.2) is 20.2 Å². The highest BCUT2D eigenvalue weighted by atomic mass is 32.2. The maximum atomic E-state index is 5.21. The highest BCUT2D eigenvalue weighted by Crippen LogP contribution is 2.19. The summed E-state index contributed by atoms with van der Waals surface area (Å²) in [6, 6.07) is 0. The zero-order chi connectivity index (χ0) is 11.4. The number of hydrogen-bond donors (Lipinski definition) is 2. The van der Waals surface area contributed by atoms with E-state index in [0.717, 1.165) is 5.69 Å². The number of nitrogens with one attached hydrogen (secondary N) is 1. The summed E-state index contributed by atoms with van der Waals surface area (Å²) in [5.74, 6) is 6.88. The Balaban J connectivity index is 1.94. The van der Waals surface area contributed by atoms with Crippen LogP contribution in [0.1, 0.15) is 11.6 Å². The molecule has 0 bridgehead atoms. The van der Waals surface area contributed by atoms with Crippen LogP contribution < -0.4 is 11.3 Å². The molecule has 7 nitrogen and oxygen atoms in total. The van der Waals surface area contributed by atoms with Gasteiger partial charge in [0.05, 0.1) is 18.1 Å². The Labute approximate surface area is 95.8 Å². The van der Waals surface area contributed by atoms with E-state index in [1.807, 2.05) is 0 Å². The van der Waals surface area contributed by atoms with E-state index >= 15 is 0 Å². The van der Waals surface area contributed by atoms with Crippen molar-refractivity contribution in [2.45, 2.75) is 17.9 Å². The maximum Gasteiger partial charge on any atom is 0.276 e. The SMILES string of the molecule is Cc1nnc(SCc2cnc(NN)cn2)o1. The standard InChI is InChI=1S/C8H10N6OS/c1-5-13-14-8(15-5)16-4-6-2-11-7(12-9)3-10-6/h2-3H,4,9H2,1H3,(H,11,12). The molecule has 0 radical (unpaired) electrons. The van der Waals surface area contributed by atoms with Crippen LogP contribution in [0.5, 0.6) is 0 Å². The third kappa shape index (κ3) is 2.67. The largest absolute Gasteiger partial charge is 0.416 e. The second kappa shape index (κ2) is 4.90. The molecule has 0 spiro atoms. The van der Waals surface area contributed by atoms with E-state index in [0.29, 0.717) is 22.7 Å². The highest BCUT2D eigenvalue weighted by molar-refractivity contribution is 7.98. The lowest BCUT2D eigenvalue weighted by atomic mass is 10.5. The summed E-state index contributed by atoms with van der Waals surface area (Å²) in [4.78, 5) is 8.19. The molecule has 2 aromatic rings. The molecule has 16 heavy (non-hydrogen) atoms. The van der Waals surface area contributed by atoms with E-state index in [9.17, 15) is 0 Å². The molecule has 2 aromatic heterocycles. The Morgan fingerprint density at radius 3 is 2.81 bits per heavy atom. The number of thioether (sulfide) groups is 1. The van der Waals surface area contributed by atoms with Gasteiger partial charge in [-0.2, -0.15) is 0 Å². The Kier molecular flexibility index (Phi) is 3.32. The summed E-state index contributed by atoms with van der Waals surface area (Å²) in [5, 5.41) is 8.11. The average molecular weight is 238 g/mol. The first kappa shape index (κ1) is 10.8. The van der Waals surface area contributed by atoms with Crippen molar-refractivity contribution >= 4 is 17.6 Å². The number of nitrogens with zero attached hydrogens (tertiary/aromatic N) is 4. The van der Waals surface area contributed by atoms with Gasteiger partial charge >= 0.3 is 0 Å². The second-order valence-electron chi connectivity index (χ2n) is 2.91. The van der Waals surface area contributed by atoms with Gasteiger partial charge in [0.25, 0.3) is 5.22 Å². The normalized spacial score (nSPS) is 10.4. The van der Waals surface area contributed by atoms with E-state index in [1.165, 1.54) is 11.8 Å². The molecule has 0 aromatic carbocycles. The van der Waals surface area contributed by atoms with Gasteiger partial charge in [-0.15, -0.1) is 10.2 Å². The number of hydrogen-bond acceptors (Lipinski definition) is 8. The van der Waals surface area contributed by atoms with Gasteiger partial charge in [0, 0.05) is 12.7 Å². The zero-order valence-electron chi connectivity index (χ0n) is 8.54. The van der Waals surface area contributed by atoms with E-state index in [1.54, 1.807) is 19.3 Å². The molecule has 3 N–H and O–H groups in total. The van der Waals surface area contributed by atoms with Crippen LogP contribution in [0.2, 0.25) is 0 Å². The molecule has 8 heteroatoms. The first-order chi connectivity index (χ1) is 7.78. The number of anilines is 1. The van der Waals surface area contributed by atoms with Crippen molar-refractivity contribution in [2.75, 3.05) is 5.43 Å². The fourth-order valence-electron chi connectivity index (χ4n) is 0.976. The summed E-state index contributed by atoms with van der Waals surface area (Å²) < 4.78 is 5.21. The molecular weight excluding hydrogens is 228 g/mol. The molecular formula is C8H10N6OS. The number of rotatable bonds is 4. The first-order valence-corrected chi connectivity index (χ1v) is 5.47. The fourth-order valence-corrected chi connectivity index (χ4v) is 1.67. The van der Waals surface area contributed by atoms with Gasteiger partial charge in [-0.3, -0.25) is 4.98 Å². The highest BCUT2D eigenvalue weighted by Gasteiger charge is 2.04. The van der Waals surface area contributed by atoms with Crippen LogP contribution in [-0.2, 0) is 5.75 Å². The number of nitrogens with two attached hydrogens (primary N) is 1. The third-order valence-electron chi connectivity index (χ3n) is 1.70. The van der Waals surface area contributed by atoms with Gasteiger partial charge in [0.2, 0.25) is 5.89 Å². The Morgan fingerprint density at radius 1 is 1.38 bits per heavy atom. The van der Waals surface area contributed by atoms with Gasteiger partial charge in [0.1, 0.15) is 0 Å². The summed E-state index contributed by atoms with van der Waals surface area (Å²) in [7, 11) is 0. The quantitative estimate of drug-likeness (QED) is 0.457. The molecule has 0 saturated heterocycles. The minimum Gasteiger partial charge on any atom is -0.416 e. The minimum atomic E-state index is 0.528. The van der Waals surface area contributed by atoms with Crippen molar-refractivity contribution in [3.05, 3.63) is 24.0 Å². The molecule has 2 rings (SSSR count). The van der Waals surface area contributed by atoms with Crippen LogP contribution in [0, 0.1) is 6.92 Å². The van der Waals surface area contributed by atoms with E-state index in [2.05, 4.69) is 25.6 Å². The second-order valence-corrected chi connectivity index (χ2v) is 3.84. The van der Waals surface area contributed by atoms with Crippen LogP contribution in [0.4, 0.5) is 5.82 Å². The van der Waals surface area contributed by atoms with Crippen molar-refractivity contribution in [1.82, 2.24) is 20.2 Å². The van der Waals surface area contributed by atoms with Crippen molar-refractivity contribution in [3.8, 4) is 0 Å². The first-order valence-electron chi connectivity index (χ1n) is 4.48. The summed E-state index contributed by atoms with van der Waals surface area (Å²) in [6.45, 7) is 1.75. The molecule has 0 aliphatic rings. The molecule has 0 atom stereocenters. The van der Waals surface area contributed by atoms with Crippen LogP contribution in [0.25, 0.3) is 0 Å². The number of nitrogen functional groups attached to an aromatic ring is 1. The Bertz CT molecular complexity index is 456. The fraction of sp³-hybridized carbons (Fsp3) is 0.250. The van der Waals surface area contributed by atoms with E-state index in [-0.39, 0.29) is 0 Å². The van der Waals surface area contributed by atoms with Gasteiger partial charge in [-0.05, 0) is 0 Å². The molecule has 0 amide bonds. The van der Waals surface area contributed by atoms with Gasteiger partial charge in [-0.25, -0.2) is 10.8 Å². The molecule has 0 saturated carbocycles. The van der Waals surface area contributed by atoms with Crippen LogP contribution >= 0.6 is 11.8 Å². The predicted octanol–water partition coefficient (Wildman–Crippen LogP) is 0.746. The molecule has 0 unspecified atom stereocenters. The smallest absolute Gasteiger partial charge is 0.276 e. The zero-order valence-corrected chi connectivity index (χ0v) is 9.36. The lowest BCUT2D eigenvalue weighted by molar-refractivity contribution is 0.429. The predicted molar refractivity (Wildman–Crippen MR) is 58.4 cm³/mol. The lowest BCUT2D eigenvalue weighted by Crippen LogP contribution is -2.08.